The molecule has 1 saturated carbocycles. The number of carbonyl (C=O) groups excluding carboxylic acids is 2. The number of nitrogens with two attached hydrogens (primary N) is 1. The number of primary amides is 1. The predicted molar refractivity (Wildman–Crippen MR) is 123 cm³/mol. The number of hydrogen-bond acceptors (Lipinski definition) is 6. The van der Waals surface area contributed by atoms with Gasteiger partial charge in [0.25, 0.3) is 11.8 Å². The first-order valence-corrected chi connectivity index (χ1v) is 11.1. The number of carbonyl (C=O) groups is 2. The Hall–Kier alpha value is -2.87. The van der Waals surface area contributed by atoms with Gasteiger partial charge in [-0.05, 0) is 51.1 Å². The largest absolute Gasteiger partial charge is 0.376 e. The molecule has 8 nitrogen and oxygen atoms in total. The Morgan fingerprint density at radius 3 is 2.16 bits per heavy atom. The van der Waals surface area contributed by atoms with Crippen LogP contribution in [0.1, 0.15) is 49.4 Å². The fourth-order valence-corrected chi connectivity index (χ4v) is 4.14. The van der Waals surface area contributed by atoms with Gasteiger partial charge in [0.2, 0.25) is 0 Å². The Balaban J connectivity index is 1.73. The molecule has 2 amide bonds. The van der Waals surface area contributed by atoms with Crippen LogP contribution in [0.5, 0.6) is 0 Å². The molecule has 0 aromatic heterocycles. The van der Waals surface area contributed by atoms with Crippen molar-refractivity contribution in [1.82, 2.24) is 15.5 Å². The van der Waals surface area contributed by atoms with E-state index in [1.165, 1.54) is 13.3 Å². The van der Waals surface area contributed by atoms with E-state index in [-0.39, 0.29) is 29.1 Å². The highest BCUT2D eigenvalue weighted by atomic mass is 16.2. The normalized spacial score (nSPS) is 18.8. The molecule has 0 bridgehead atoms. The number of anilines is 1. The number of piperazine rings is 1. The van der Waals surface area contributed by atoms with E-state index in [1.54, 1.807) is 12.1 Å². The number of likely N-dealkylation sites (N-methyl/N-ethyl adjacent to an activating group) is 1. The second-order valence-electron chi connectivity index (χ2n) is 8.51. The number of hydrogen-bond donors (Lipinski definition) is 4. The summed E-state index contributed by atoms with van der Waals surface area (Å²) in [6.07, 6.45) is 5.26. The highest BCUT2D eigenvalue weighted by Crippen LogP contribution is 2.20. The van der Waals surface area contributed by atoms with Crippen molar-refractivity contribution >= 4 is 23.2 Å². The summed E-state index contributed by atoms with van der Waals surface area (Å²) in [5, 5.41) is 14.0. The van der Waals surface area contributed by atoms with E-state index in [0.717, 1.165) is 57.5 Å². The number of nitrogens with one attached hydrogen (secondary N) is 3. The van der Waals surface area contributed by atoms with E-state index in [2.05, 4.69) is 27.5 Å². The molecule has 0 atom stereocenters. The highest BCUT2D eigenvalue weighted by molar-refractivity contribution is 6.09. The van der Waals surface area contributed by atoms with Gasteiger partial charge in [-0.2, -0.15) is 0 Å². The van der Waals surface area contributed by atoms with Crippen LogP contribution in [0.25, 0.3) is 0 Å². The molecule has 1 aliphatic carbocycles. The number of allylic oxidation sites excluding steroid dienone is 1. The van der Waals surface area contributed by atoms with Crippen LogP contribution in [0.3, 0.4) is 0 Å². The van der Waals surface area contributed by atoms with Gasteiger partial charge in [-0.25, -0.2) is 0 Å². The molecular formula is C23H34N6O2. The van der Waals surface area contributed by atoms with Crippen LogP contribution >= 0.6 is 0 Å². The summed E-state index contributed by atoms with van der Waals surface area (Å²) >= 11 is 0. The van der Waals surface area contributed by atoms with E-state index in [1.807, 2.05) is 12.1 Å². The minimum absolute atomic E-state index is 0.0829. The third-order valence-corrected chi connectivity index (χ3v) is 6.06. The SMILES string of the molecule is CC(=N)/C(NC(=O)c1ccc(N2CCN(C)CC2)cc1)=C(\NC1CCCCC1)C(N)=O. The van der Waals surface area contributed by atoms with E-state index < -0.39 is 5.91 Å². The average Bonchev–Trinajstić information content (AvgIpc) is 2.77. The third-order valence-electron chi connectivity index (χ3n) is 6.06. The van der Waals surface area contributed by atoms with E-state index in [0.29, 0.717) is 5.56 Å². The van der Waals surface area contributed by atoms with E-state index in [4.69, 9.17) is 11.1 Å². The molecule has 0 spiro atoms. The summed E-state index contributed by atoms with van der Waals surface area (Å²) in [4.78, 5) is 29.6. The van der Waals surface area contributed by atoms with Gasteiger partial charge in [-0.3, -0.25) is 9.59 Å². The quantitative estimate of drug-likeness (QED) is 0.392. The van der Waals surface area contributed by atoms with Gasteiger partial charge >= 0.3 is 0 Å². The number of benzene rings is 1. The minimum atomic E-state index is -0.669. The second kappa shape index (κ2) is 10.4. The fraction of sp³-hybridized carbons (Fsp3) is 0.522. The van der Waals surface area contributed by atoms with Gasteiger partial charge < -0.3 is 31.6 Å². The molecule has 0 radical (unpaired) electrons. The second-order valence-corrected chi connectivity index (χ2v) is 8.51. The molecule has 1 aromatic carbocycles. The zero-order chi connectivity index (χ0) is 22.4. The summed E-state index contributed by atoms with van der Waals surface area (Å²) < 4.78 is 0. The molecule has 3 rings (SSSR count). The van der Waals surface area contributed by atoms with Crippen molar-refractivity contribution in [3.8, 4) is 0 Å². The lowest BCUT2D eigenvalue weighted by Crippen LogP contribution is -2.44. The number of rotatable bonds is 7. The first kappa shape index (κ1) is 22.8. The third kappa shape index (κ3) is 6.07. The Bertz CT molecular complexity index is 834. The first-order chi connectivity index (χ1) is 14.8. The van der Waals surface area contributed by atoms with Gasteiger partial charge in [0, 0.05) is 43.5 Å². The maximum atomic E-state index is 12.9. The predicted octanol–water partition coefficient (Wildman–Crippen LogP) is 1.83. The topological polar surface area (TPSA) is 115 Å². The van der Waals surface area contributed by atoms with Crippen LogP contribution in [0.4, 0.5) is 5.69 Å². The van der Waals surface area contributed by atoms with Gasteiger partial charge in [0.1, 0.15) is 5.70 Å². The molecule has 8 heteroatoms. The molecule has 1 aliphatic heterocycles. The molecule has 1 aromatic rings. The summed E-state index contributed by atoms with van der Waals surface area (Å²) in [6.45, 7) is 5.48. The van der Waals surface area contributed by atoms with Crippen molar-refractivity contribution in [2.45, 2.75) is 45.1 Å². The minimum Gasteiger partial charge on any atom is -0.376 e. The van der Waals surface area contributed by atoms with Crippen LogP contribution in [0.15, 0.2) is 35.7 Å². The van der Waals surface area contributed by atoms with Crippen molar-refractivity contribution < 1.29 is 9.59 Å². The molecule has 1 saturated heterocycles. The van der Waals surface area contributed by atoms with Crippen molar-refractivity contribution in [3.63, 3.8) is 0 Å². The summed E-state index contributed by atoms with van der Waals surface area (Å²) in [5.74, 6) is -1.03. The van der Waals surface area contributed by atoms with Crippen LogP contribution < -0.4 is 21.3 Å². The average molecular weight is 427 g/mol. The highest BCUT2D eigenvalue weighted by Gasteiger charge is 2.22. The lowest BCUT2D eigenvalue weighted by Gasteiger charge is -2.34. The molecular weight excluding hydrogens is 392 g/mol. The monoisotopic (exact) mass is 426 g/mol. The van der Waals surface area contributed by atoms with Gasteiger partial charge in [0.15, 0.2) is 0 Å². The smallest absolute Gasteiger partial charge is 0.267 e. The number of nitrogens with zero attached hydrogens (tertiary/aromatic N) is 2. The Morgan fingerprint density at radius 2 is 1.61 bits per heavy atom. The van der Waals surface area contributed by atoms with Gasteiger partial charge in [-0.15, -0.1) is 0 Å². The molecule has 2 aliphatic rings. The Labute approximate surface area is 184 Å². The summed E-state index contributed by atoms with van der Waals surface area (Å²) in [7, 11) is 2.12. The van der Waals surface area contributed by atoms with Crippen molar-refractivity contribution in [1.29, 1.82) is 5.41 Å². The maximum absolute atomic E-state index is 12.9. The fourth-order valence-electron chi connectivity index (χ4n) is 4.14. The molecule has 31 heavy (non-hydrogen) atoms. The van der Waals surface area contributed by atoms with Crippen molar-refractivity contribution in [2.24, 2.45) is 5.73 Å². The zero-order valence-corrected chi connectivity index (χ0v) is 18.5. The Kier molecular flexibility index (Phi) is 7.68. The van der Waals surface area contributed by atoms with Crippen LogP contribution in [0.2, 0.25) is 0 Å². The van der Waals surface area contributed by atoms with E-state index in [9.17, 15) is 9.59 Å². The van der Waals surface area contributed by atoms with Crippen LogP contribution in [0, 0.1) is 5.41 Å². The lowest BCUT2D eigenvalue weighted by atomic mass is 9.95. The molecule has 2 fully saturated rings. The van der Waals surface area contributed by atoms with Crippen LogP contribution in [-0.4, -0.2) is 61.7 Å². The molecule has 168 valence electrons. The molecule has 1 heterocycles. The lowest BCUT2D eigenvalue weighted by molar-refractivity contribution is -0.115. The molecule has 0 unspecified atom stereocenters. The summed E-state index contributed by atoms with van der Waals surface area (Å²) in [6, 6.07) is 7.56. The number of amides is 2. The van der Waals surface area contributed by atoms with Crippen LogP contribution in [-0.2, 0) is 4.79 Å². The first-order valence-electron chi connectivity index (χ1n) is 11.1. The van der Waals surface area contributed by atoms with Gasteiger partial charge in [0.05, 0.1) is 11.4 Å². The summed E-state index contributed by atoms with van der Waals surface area (Å²) in [5.41, 5.74) is 7.50. The van der Waals surface area contributed by atoms with Gasteiger partial charge in [-0.1, -0.05) is 19.3 Å². The van der Waals surface area contributed by atoms with Crippen molar-refractivity contribution in [3.05, 3.63) is 41.2 Å². The van der Waals surface area contributed by atoms with E-state index >= 15 is 0 Å². The van der Waals surface area contributed by atoms with Crippen molar-refractivity contribution in [2.75, 3.05) is 38.1 Å². The zero-order valence-electron chi connectivity index (χ0n) is 18.5. The molecule has 5 N–H and O–H groups in total. The maximum Gasteiger partial charge on any atom is 0.267 e. The Morgan fingerprint density at radius 1 is 1.00 bits per heavy atom. The standard InChI is InChI=1S/C23H34N6O2/c1-16(24)20(21(22(25)30)26-18-6-4-3-5-7-18)27-23(31)17-8-10-19(11-9-17)29-14-12-28(2)13-15-29/h8-11,18,24,26H,3-7,12-15H2,1-2H3,(H2,25,30)(H,27,31)/b21-20+,24-16?.